The molecule has 0 saturated carbocycles. The van der Waals surface area contributed by atoms with Gasteiger partial charge in [0.2, 0.25) is 5.91 Å². The number of hydrogen-bond acceptors (Lipinski definition) is 2. The highest BCUT2D eigenvalue weighted by molar-refractivity contribution is 5.74. The maximum absolute atomic E-state index is 10.6. The largest absolute Gasteiger partial charge is 0.490 e. The Morgan fingerprint density at radius 1 is 1.50 bits per heavy atom. The van der Waals surface area contributed by atoms with Crippen LogP contribution in [0.25, 0.3) is 0 Å². The van der Waals surface area contributed by atoms with Gasteiger partial charge in [-0.1, -0.05) is 18.2 Å². The number of benzene rings is 1. The van der Waals surface area contributed by atoms with E-state index in [1.165, 1.54) is 0 Å². The van der Waals surface area contributed by atoms with Gasteiger partial charge in [-0.15, -0.1) is 0 Å². The number of rotatable bonds is 4. The first kappa shape index (κ1) is 10.6. The number of hydrogen-bond donors (Lipinski definition) is 1. The van der Waals surface area contributed by atoms with Crippen LogP contribution in [0.15, 0.2) is 24.3 Å². The number of carbonyl (C=O) groups is 1. The van der Waals surface area contributed by atoms with Crippen molar-refractivity contribution >= 4 is 5.91 Å². The molecule has 1 atom stereocenters. The molecule has 1 unspecified atom stereocenters. The average molecular weight is 193 g/mol. The molecule has 14 heavy (non-hydrogen) atoms. The molecular formula is C11H15NO2. The molecule has 0 aromatic heterocycles. The van der Waals surface area contributed by atoms with Gasteiger partial charge in [0.1, 0.15) is 11.9 Å². The molecule has 0 aliphatic rings. The first-order valence-electron chi connectivity index (χ1n) is 4.60. The third kappa shape index (κ3) is 3.09. The highest BCUT2D eigenvalue weighted by atomic mass is 16.5. The van der Waals surface area contributed by atoms with Crippen molar-refractivity contribution in [1.82, 2.24) is 0 Å². The Morgan fingerprint density at radius 2 is 2.14 bits per heavy atom. The molecule has 0 saturated heterocycles. The SMILES string of the molecule is Cc1ccccc1OC(C)CC(N)=O. The molecule has 0 fully saturated rings. The third-order valence-corrected chi connectivity index (χ3v) is 1.91. The quantitative estimate of drug-likeness (QED) is 0.790. The zero-order valence-corrected chi connectivity index (χ0v) is 8.49. The van der Waals surface area contributed by atoms with E-state index in [1.54, 1.807) is 0 Å². The van der Waals surface area contributed by atoms with Crippen LogP contribution >= 0.6 is 0 Å². The Labute approximate surface area is 83.9 Å². The summed E-state index contributed by atoms with van der Waals surface area (Å²) < 4.78 is 5.56. The summed E-state index contributed by atoms with van der Waals surface area (Å²) in [4.78, 5) is 10.6. The van der Waals surface area contributed by atoms with Gasteiger partial charge < -0.3 is 10.5 Å². The van der Waals surface area contributed by atoms with Crippen molar-refractivity contribution < 1.29 is 9.53 Å². The summed E-state index contributed by atoms with van der Waals surface area (Å²) in [7, 11) is 0. The van der Waals surface area contributed by atoms with Crippen LogP contribution in [0.5, 0.6) is 5.75 Å². The zero-order valence-electron chi connectivity index (χ0n) is 8.49. The topological polar surface area (TPSA) is 52.3 Å². The van der Waals surface area contributed by atoms with Crippen molar-refractivity contribution in [3.8, 4) is 5.75 Å². The van der Waals surface area contributed by atoms with E-state index in [9.17, 15) is 4.79 Å². The van der Waals surface area contributed by atoms with Crippen molar-refractivity contribution in [3.63, 3.8) is 0 Å². The molecule has 0 aliphatic heterocycles. The predicted octanol–water partition coefficient (Wildman–Crippen LogP) is 1.64. The van der Waals surface area contributed by atoms with Crippen molar-refractivity contribution in [1.29, 1.82) is 0 Å². The van der Waals surface area contributed by atoms with Gasteiger partial charge >= 0.3 is 0 Å². The fraction of sp³-hybridized carbons (Fsp3) is 0.364. The molecule has 1 rings (SSSR count). The number of aryl methyl sites for hydroxylation is 1. The lowest BCUT2D eigenvalue weighted by Gasteiger charge is -2.14. The number of nitrogens with two attached hydrogens (primary N) is 1. The number of ether oxygens (including phenoxy) is 1. The average Bonchev–Trinajstić information content (AvgIpc) is 2.07. The normalized spacial score (nSPS) is 12.1. The molecule has 0 radical (unpaired) electrons. The summed E-state index contributed by atoms with van der Waals surface area (Å²) >= 11 is 0. The maximum Gasteiger partial charge on any atom is 0.221 e. The summed E-state index contributed by atoms with van der Waals surface area (Å²) in [6, 6.07) is 7.69. The van der Waals surface area contributed by atoms with Gasteiger partial charge in [0.05, 0.1) is 6.42 Å². The monoisotopic (exact) mass is 193 g/mol. The van der Waals surface area contributed by atoms with Crippen LogP contribution in [-0.4, -0.2) is 12.0 Å². The lowest BCUT2D eigenvalue weighted by molar-refractivity contribution is -0.119. The van der Waals surface area contributed by atoms with E-state index in [4.69, 9.17) is 10.5 Å². The van der Waals surface area contributed by atoms with Crippen LogP contribution in [0, 0.1) is 6.92 Å². The Kier molecular flexibility index (Phi) is 3.51. The van der Waals surface area contributed by atoms with Crippen molar-refractivity contribution in [2.75, 3.05) is 0 Å². The van der Waals surface area contributed by atoms with Crippen LogP contribution in [0.1, 0.15) is 18.9 Å². The molecule has 0 bridgehead atoms. The number of para-hydroxylation sites is 1. The van der Waals surface area contributed by atoms with Crippen LogP contribution in [0.4, 0.5) is 0 Å². The van der Waals surface area contributed by atoms with Crippen LogP contribution in [0.2, 0.25) is 0 Å². The van der Waals surface area contributed by atoms with Crippen molar-refractivity contribution in [2.45, 2.75) is 26.4 Å². The number of primary amides is 1. The van der Waals surface area contributed by atoms with E-state index < -0.39 is 0 Å². The summed E-state index contributed by atoms with van der Waals surface area (Å²) in [6.45, 7) is 3.80. The van der Waals surface area contributed by atoms with Crippen molar-refractivity contribution in [3.05, 3.63) is 29.8 Å². The van der Waals surface area contributed by atoms with E-state index in [0.717, 1.165) is 11.3 Å². The van der Waals surface area contributed by atoms with Gasteiger partial charge in [0.15, 0.2) is 0 Å². The number of amides is 1. The van der Waals surface area contributed by atoms with E-state index in [0.29, 0.717) is 0 Å². The second kappa shape index (κ2) is 4.65. The summed E-state index contributed by atoms with van der Waals surface area (Å²) in [5, 5.41) is 0. The van der Waals surface area contributed by atoms with Crippen LogP contribution in [-0.2, 0) is 4.79 Å². The maximum atomic E-state index is 10.6. The Balaban J connectivity index is 2.60. The van der Waals surface area contributed by atoms with Gasteiger partial charge in [-0.2, -0.15) is 0 Å². The highest BCUT2D eigenvalue weighted by Gasteiger charge is 2.08. The minimum absolute atomic E-state index is 0.173. The molecule has 3 nitrogen and oxygen atoms in total. The van der Waals surface area contributed by atoms with E-state index >= 15 is 0 Å². The predicted molar refractivity (Wildman–Crippen MR) is 55.1 cm³/mol. The van der Waals surface area contributed by atoms with Gasteiger partial charge in [-0.05, 0) is 25.5 Å². The molecule has 1 amide bonds. The highest BCUT2D eigenvalue weighted by Crippen LogP contribution is 2.18. The Morgan fingerprint density at radius 3 is 2.71 bits per heavy atom. The first-order chi connectivity index (χ1) is 6.59. The molecule has 76 valence electrons. The lowest BCUT2D eigenvalue weighted by Crippen LogP contribution is -2.22. The fourth-order valence-electron chi connectivity index (χ4n) is 1.23. The van der Waals surface area contributed by atoms with Crippen LogP contribution < -0.4 is 10.5 Å². The van der Waals surface area contributed by atoms with Crippen LogP contribution in [0.3, 0.4) is 0 Å². The first-order valence-corrected chi connectivity index (χ1v) is 4.60. The smallest absolute Gasteiger partial charge is 0.221 e. The molecular weight excluding hydrogens is 178 g/mol. The standard InChI is InChI=1S/C11H15NO2/c1-8-5-3-4-6-10(8)14-9(2)7-11(12)13/h3-6,9H,7H2,1-2H3,(H2,12,13). The molecule has 3 heteroatoms. The lowest BCUT2D eigenvalue weighted by atomic mass is 10.2. The Bertz CT molecular complexity index is 323. The molecule has 1 aromatic carbocycles. The Hall–Kier alpha value is -1.51. The second-order valence-corrected chi connectivity index (χ2v) is 3.36. The molecule has 1 aromatic rings. The van der Waals surface area contributed by atoms with E-state index in [2.05, 4.69) is 0 Å². The minimum Gasteiger partial charge on any atom is -0.490 e. The summed E-state index contributed by atoms with van der Waals surface area (Å²) in [6.07, 6.45) is 0.0718. The van der Waals surface area contributed by atoms with Gasteiger partial charge in [0.25, 0.3) is 0 Å². The minimum atomic E-state index is -0.342. The summed E-state index contributed by atoms with van der Waals surface area (Å²) in [5.74, 6) is 0.465. The van der Waals surface area contributed by atoms with Gasteiger partial charge in [-0.25, -0.2) is 0 Å². The molecule has 2 N–H and O–H groups in total. The third-order valence-electron chi connectivity index (χ3n) is 1.91. The number of carbonyl (C=O) groups excluding carboxylic acids is 1. The fourth-order valence-corrected chi connectivity index (χ4v) is 1.23. The van der Waals surface area contributed by atoms with Crippen molar-refractivity contribution in [2.24, 2.45) is 5.73 Å². The van der Waals surface area contributed by atoms with Gasteiger partial charge in [-0.3, -0.25) is 4.79 Å². The molecule has 0 aliphatic carbocycles. The van der Waals surface area contributed by atoms with Gasteiger partial charge in [0, 0.05) is 0 Å². The molecule has 0 spiro atoms. The van der Waals surface area contributed by atoms with E-state index in [-0.39, 0.29) is 18.4 Å². The molecule has 0 heterocycles. The second-order valence-electron chi connectivity index (χ2n) is 3.36. The van der Waals surface area contributed by atoms with E-state index in [1.807, 2.05) is 38.1 Å². The zero-order chi connectivity index (χ0) is 10.6. The summed E-state index contributed by atoms with van der Waals surface area (Å²) in [5.41, 5.74) is 6.13.